The lowest BCUT2D eigenvalue weighted by atomic mass is 10.2. The zero-order valence-corrected chi connectivity index (χ0v) is 6.27. The van der Waals surface area contributed by atoms with Crippen molar-refractivity contribution in [1.29, 1.82) is 0 Å². The Labute approximate surface area is 69.0 Å². The number of allylic oxidation sites excluding steroid dienone is 5. The van der Waals surface area contributed by atoms with Crippen molar-refractivity contribution in [3.05, 3.63) is 45.7 Å². The second-order valence-electron chi connectivity index (χ2n) is 2.30. The van der Waals surface area contributed by atoms with Crippen LogP contribution < -0.4 is 0 Å². The highest BCUT2D eigenvalue weighted by Gasteiger charge is 2.08. The Bertz CT molecular complexity index is 299. The molecule has 0 saturated carbocycles. The Morgan fingerprint density at radius 1 is 1.58 bits per heavy atom. The number of nitro groups is 1. The highest BCUT2D eigenvalue weighted by molar-refractivity contribution is 5.77. The van der Waals surface area contributed by atoms with Gasteiger partial charge in [-0.25, -0.2) is 0 Å². The molecule has 0 aromatic heterocycles. The number of carbonyl (C=O) groups is 1. The molecule has 62 valence electrons. The average Bonchev–Trinajstić information content (AvgIpc) is 2.28. The molecule has 1 rings (SSSR count). The summed E-state index contributed by atoms with van der Waals surface area (Å²) in [6, 6.07) is 0. The van der Waals surface area contributed by atoms with Gasteiger partial charge in [0.05, 0.1) is 11.3 Å². The van der Waals surface area contributed by atoms with E-state index in [1.807, 2.05) is 0 Å². The summed E-state index contributed by atoms with van der Waals surface area (Å²) < 4.78 is 0. The van der Waals surface area contributed by atoms with Crippen molar-refractivity contribution < 1.29 is 9.72 Å². The molecule has 0 aromatic rings. The Morgan fingerprint density at radius 2 is 2.33 bits per heavy atom. The van der Waals surface area contributed by atoms with Gasteiger partial charge >= 0.3 is 0 Å². The van der Waals surface area contributed by atoms with E-state index in [0.717, 1.165) is 0 Å². The number of aldehydes is 1. The monoisotopic (exact) mass is 165 g/mol. The van der Waals surface area contributed by atoms with E-state index in [4.69, 9.17) is 0 Å². The molecule has 0 spiro atoms. The third kappa shape index (κ3) is 1.88. The van der Waals surface area contributed by atoms with Gasteiger partial charge in [0.2, 0.25) is 5.70 Å². The van der Waals surface area contributed by atoms with Crippen LogP contribution in [0.25, 0.3) is 0 Å². The SMILES string of the molecule is O=CC1=CCC([N+](=O)[O-])=CC=C1. The number of nitrogens with zero attached hydrogens (tertiary/aromatic N) is 1. The molecule has 12 heavy (non-hydrogen) atoms. The molecule has 0 bridgehead atoms. The minimum atomic E-state index is -0.450. The van der Waals surface area contributed by atoms with E-state index >= 15 is 0 Å². The van der Waals surface area contributed by atoms with Crippen LogP contribution in [0.15, 0.2) is 35.6 Å². The molecule has 4 nitrogen and oxygen atoms in total. The largest absolute Gasteiger partial charge is 0.298 e. The van der Waals surface area contributed by atoms with E-state index in [1.54, 1.807) is 6.08 Å². The molecule has 0 aromatic carbocycles. The third-order valence-electron chi connectivity index (χ3n) is 1.49. The van der Waals surface area contributed by atoms with Crippen LogP contribution in [-0.4, -0.2) is 11.2 Å². The number of hydrogen-bond donors (Lipinski definition) is 0. The second-order valence-corrected chi connectivity index (χ2v) is 2.30. The van der Waals surface area contributed by atoms with Gasteiger partial charge in [-0.15, -0.1) is 0 Å². The van der Waals surface area contributed by atoms with E-state index in [0.29, 0.717) is 11.9 Å². The Morgan fingerprint density at radius 3 is 2.92 bits per heavy atom. The van der Waals surface area contributed by atoms with E-state index in [1.165, 1.54) is 18.2 Å². The van der Waals surface area contributed by atoms with Crippen LogP contribution in [0.4, 0.5) is 0 Å². The van der Waals surface area contributed by atoms with Crippen LogP contribution in [0.1, 0.15) is 6.42 Å². The van der Waals surface area contributed by atoms with Crippen LogP contribution >= 0.6 is 0 Å². The maximum atomic E-state index is 10.3. The number of rotatable bonds is 2. The number of hydrogen-bond acceptors (Lipinski definition) is 3. The van der Waals surface area contributed by atoms with Gasteiger partial charge in [0, 0.05) is 11.6 Å². The Hall–Kier alpha value is -1.71. The molecule has 1 aliphatic rings. The lowest BCUT2D eigenvalue weighted by Crippen LogP contribution is -1.96. The van der Waals surface area contributed by atoms with E-state index in [2.05, 4.69) is 0 Å². The molecular weight excluding hydrogens is 158 g/mol. The van der Waals surface area contributed by atoms with Gasteiger partial charge in [-0.05, 0) is 0 Å². The van der Waals surface area contributed by atoms with Gasteiger partial charge < -0.3 is 0 Å². The van der Waals surface area contributed by atoms with Crippen LogP contribution in [0, 0.1) is 10.1 Å². The van der Waals surface area contributed by atoms with Crippen LogP contribution in [0.3, 0.4) is 0 Å². The Kier molecular flexibility index (Phi) is 2.53. The molecule has 0 saturated heterocycles. The van der Waals surface area contributed by atoms with E-state index in [9.17, 15) is 14.9 Å². The molecule has 0 amide bonds. The third-order valence-corrected chi connectivity index (χ3v) is 1.49. The Balaban J connectivity index is 2.84. The average molecular weight is 165 g/mol. The highest BCUT2D eigenvalue weighted by atomic mass is 16.6. The summed E-state index contributed by atoms with van der Waals surface area (Å²) in [7, 11) is 0. The standard InChI is InChI=1S/C8H7NO3/c10-6-7-2-1-3-8(5-4-7)9(11)12/h1-4,6H,5H2. The summed E-state index contributed by atoms with van der Waals surface area (Å²) >= 11 is 0. The fourth-order valence-electron chi connectivity index (χ4n) is 0.852. The summed E-state index contributed by atoms with van der Waals surface area (Å²) in [6.07, 6.45) is 6.86. The predicted molar refractivity (Wildman–Crippen MR) is 43.0 cm³/mol. The van der Waals surface area contributed by atoms with Gasteiger partial charge in [-0.3, -0.25) is 14.9 Å². The lowest BCUT2D eigenvalue weighted by Gasteiger charge is -1.89. The van der Waals surface area contributed by atoms with Gasteiger partial charge in [-0.1, -0.05) is 18.2 Å². The summed E-state index contributed by atoms with van der Waals surface area (Å²) in [5.74, 6) is 0. The van der Waals surface area contributed by atoms with Gasteiger partial charge in [0.15, 0.2) is 0 Å². The van der Waals surface area contributed by atoms with Gasteiger partial charge in [0.25, 0.3) is 0 Å². The van der Waals surface area contributed by atoms with Crippen molar-refractivity contribution in [2.24, 2.45) is 0 Å². The fraction of sp³-hybridized carbons (Fsp3) is 0.125. The minimum Gasteiger partial charge on any atom is -0.298 e. The van der Waals surface area contributed by atoms with Crippen molar-refractivity contribution in [3.63, 3.8) is 0 Å². The topological polar surface area (TPSA) is 60.2 Å². The van der Waals surface area contributed by atoms with Gasteiger partial charge in [0.1, 0.15) is 6.29 Å². The smallest absolute Gasteiger partial charge is 0.250 e. The maximum Gasteiger partial charge on any atom is 0.250 e. The zero-order valence-electron chi connectivity index (χ0n) is 6.27. The molecule has 0 aliphatic heterocycles. The van der Waals surface area contributed by atoms with Gasteiger partial charge in [-0.2, -0.15) is 0 Å². The van der Waals surface area contributed by atoms with Crippen LogP contribution in [0.2, 0.25) is 0 Å². The molecule has 0 N–H and O–H groups in total. The van der Waals surface area contributed by atoms with E-state index in [-0.39, 0.29) is 12.1 Å². The summed E-state index contributed by atoms with van der Waals surface area (Å²) in [5, 5.41) is 10.3. The highest BCUT2D eigenvalue weighted by Crippen LogP contribution is 2.10. The van der Waals surface area contributed by atoms with E-state index < -0.39 is 4.92 Å². The fourth-order valence-corrected chi connectivity index (χ4v) is 0.852. The first-order valence-electron chi connectivity index (χ1n) is 3.41. The predicted octanol–water partition coefficient (Wildman–Crippen LogP) is 1.23. The molecule has 0 heterocycles. The molecule has 0 fully saturated rings. The van der Waals surface area contributed by atoms with Crippen LogP contribution in [0.5, 0.6) is 0 Å². The zero-order chi connectivity index (χ0) is 8.97. The normalized spacial score (nSPS) is 16.0. The second kappa shape index (κ2) is 3.61. The van der Waals surface area contributed by atoms with Crippen molar-refractivity contribution in [2.75, 3.05) is 0 Å². The van der Waals surface area contributed by atoms with Crippen molar-refractivity contribution in [3.8, 4) is 0 Å². The molecule has 0 atom stereocenters. The van der Waals surface area contributed by atoms with Crippen molar-refractivity contribution in [1.82, 2.24) is 0 Å². The van der Waals surface area contributed by atoms with Crippen molar-refractivity contribution in [2.45, 2.75) is 6.42 Å². The quantitative estimate of drug-likeness (QED) is 0.351. The molecule has 0 radical (unpaired) electrons. The molecule has 4 heteroatoms. The van der Waals surface area contributed by atoms with Crippen LogP contribution in [-0.2, 0) is 4.79 Å². The minimum absolute atomic E-state index is 0.100. The lowest BCUT2D eigenvalue weighted by molar-refractivity contribution is -0.426. The first-order valence-corrected chi connectivity index (χ1v) is 3.41. The number of carbonyl (C=O) groups excluding carboxylic acids is 1. The summed E-state index contributed by atoms with van der Waals surface area (Å²) in [6.45, 7) is 0. The molecule has 1 aliphatic carbocycles. The first kappa shape index (κ1) is 8.39. The summed E-state index contributed by atoms with van der Waals surface area (Å²) in [4.78, 5) is 20.1. The molecule has 0 unspecified atom stereocenters. The van der Waals surface area contributed by atoms with Crippen molar-refractivity contribution >= 4 is 6.29 Å². The summed E-state index contributed by atoms with van der Waals surface area (Å²) in [5.41, 5.74) is 0.575. The molecular formula is C8H7NO3. The first-order chi connectivity index (χ1) is 5.74. The maximum absolute atomic E-state index is 10.3.